The highest BCUT2D eigenvalue weighted by Crippen LogP contribution is 2.29. The number of fused-ring (bicyclic) bond motifs is 2. The summed E-state index contributed by atoms with van der Waals surface area (Å²) in [5, 5.41) is 11.0. The summed E-state index contributed by atoms with van der Waals surface area (Å²) in [4.78, 5) is 35.4. The lowest BCUT2D eigenvalue weighted by Crippen LogP contribution is -2.52. The normalized spacial score (nSPS) is 18.1. The molecule has 9 heteroatoms. The summed E-state index contributed by atoms with van der Waals surface area (Å²) in [6, 6.07) is 12.0. The molecule has 0 spiro atoms. The first kappa shape index (κ1) is 21.1. The number of hydrogen-bond donors (Lipinski definition) is 1. The summed E-state index contributed by atoms with van der Waals surface area (Å²) in [7, 11) is 1.69. The number of aliphatic hydroxyl groups is 1. The Morgan fingerprint density at radius 1 is 1.15 bits per heavy atom. The molecule has 1 atom stereocenters. The van der Waals surface area contributed by atoms with Gasteiger partial charge in [0.1, 0.15) is 6.10 Å². The predicted octanol–water partition coefficient (Wildman–Crippen LogP) is 2.99. The summed E-state index contributed by atoms with van der Waals surface area (Å²) in [6.07, 6.45) is 0.857. The SMILES string of the molecule is Cn1ccc2cc(-c3cnc4ccc(C(=O)N5CCC(F)(F)C(O)C5)cc4n3)ccc2c1=O. The molecule has 1 unspecified atom stereocenters. The molecule has 0 bridgehead atoms. The van der Waals surface area contributed by atoms with Crippen LogP contribution in [0.5, 0.6) is 0 Å². The van der Waals surface area contributed by atoms with E-state index in [0.717, 1.165) is 10.9 Å². The van der Waals surface area contributed by atoms with Crippen LogP contribution in [-0.2, 0) is 7.05 Å². The maximum Gasteiger partial charge on any atom is 0.276 e. The number of alkyl halides is 2. The van der Waals surface area contributed by atoms with Crippen molar-refractivity contribution in [2.45, 2.75) is 18.4 Å². The molecule has 5 rings (SSSR count). The highest BCUT2D eigenvalue weighted by Gasteiger charge is 2.44. The van der Waals surface area contributed by atoms with E-state index in [2.05, 4.69) is 9.97 Å². The fourth-order valence-corrected chi connectivity index (χ4v) is 4.04. The molecular weight excluding hydrogens is 430 g/mol. The molecular formula is C24H20F2N4O3. The first-order valence-electron chi connectivity index (χ1n) is 10.4. The maximum absolute atomic E-state index is 13.6. The minimum atomic E-state index is -3.19. The van der Waals surface area contributed by atoms with Gasteiger partial charge in [0.25, 0.3) is 17.4 Å². The Morgan fingerprint density at radius 3 is 2.76 bits per heavy atom. The van der Waals surface area contributed by atoms with Gasteiger partial charge in [-0.05, 0) is 41.8 Å². The molecule has 1 amide bonds. The molecule has 33 heavy (non-hydrogen) atoms. The number of aliphatic hydroxyl groups excluding tert-OH is 1. The Bertz CT molecular complexity index is 1470. The Kier molecular flexibility index (Phi) is 4.93. The summed E-state index contributed by atoms with van der Waals surface area (Å²) in [5.41, 5.74) is 2.59. The van der Waals surface area contributed by atoms with Gasteiger partial charge in [0.2, 0.25) is 0 Å². The number of likely N-dealkylation sites (tertiary alicyclic amines) is 1. The average molecular weight is 450 g/mol. The third-order valence-corrected chi connectivity index (χ3v) is 6.05. The largest absolute Gasteiger partial charge is 0.385 e. The Balaban J connectivity index is 1.48. The first-order chi connectivity index (χ1) is 15.7. The number of carbonyl (C=O) groups excluding carboxylic acids is 1. The summed E-state index contributed by atoms with van der Waals surface area (Å²) < 4.78 is 28.6. The summed E-state index contributed by atoms with van der Waals surface area (Å²) in [5.74, 6) is -3.63. The van der Waals surface area contributed by atoms with Crippen LogP contribution < -0.4 is 5.56 Å². The van der Waals surface area contributed by atoms with E-state index >= 15 is 0 Å². The zero-order valence-electron chi connectivity index (χ0n) is 17.7. The van der Waals surface area contributed by atoms with Crippen molar-refractivity contribution in [2.75, 3.05) is 13.1 Å². The molecule has 7 nitrogen and oxygen atoms in total. The molecule has 0 aliphatic carbocycles. The monoisotopic (exact) mass is 450 g/mol. The van der Waals surface area contributed by atoms with Crippen molar-refractivity contribution in [3.05, 3.63) is 70.8 Å². The topological polar surface area (TPSA) is 88.3 Å². The second-order valence-electron chi connectivity index (χ2n) is 8.27. The van der Waals surface area contributed by atoms with Gasteiger partial charge in [0.15, 0.2) is 0 Å². The number of benzene rings is 2. The lowest BCUT2D eigenvalue weighted by Gasteiger charge is -2.35. The number of aryl methyl sites for hydroxylation is 1. The van der Waals surface area contributed by atoms with Crippen molar-refractivity contribution < 1.29 is 18.7 Å². The zero-order valence-corrected chi connectivity index (χ0v) is 17.7. The average Bonchev–Trinajstić information content (AvgIpc) is 2.82. The van der Waals surface area contributed by atoms with Crippen LogP contribution in [0.3, 0.4) is 0 Å². The molecule has 1 N–H and O–H groups in total. The zero-order chi connectivity index (χ0) is 23.3. The number of rotatable bonds is 2. The van der Waals surface area contributed by atoms with Gasteiger partial charge in [0, 0.05) is 42.7 Å². The third-order valence-electron chi connectivity index (χ3n) is 6.05. The van der Waals surface area contributed by atoms with Gasteiger partial charge in [-0.1, -0.05) is 6.07 Å². The molecule has 0 radical (unpaired) electrons. The van der Waals surface area contributed by atoms with Crippen molar-refractivity contribution in [3.8, 4) is 11.3 Å². The Labute approximate surface area is 186 Å². The molecule has 1 aliphatic rings. The van der Waals surface area contributed by atoms with Gasteiger partial charge in [-0.3, -0.25) is 14.6 Å². The number of amides is 1. The number of carbonyl (C=O) groups is 1. The van der Waals surface area contributed by atoms with Crippen LogP contribution in [0, 0.1) is 0 Å². The van der Waals surface area contributed by atoms with E-state index in [4.69, 9.17) is 0 Å². The molecule has 1 aliphatic heterocycles. The van der Waals surface area contributed by atoms with Gasteiger partial charge in [-0.25, -0.2) is 13.8 Å². The number of halogens is 2. The number of piperidine rings is 1. The van der Waals surface area contributed by atoms with E-state index in [0.29, 0.717) is 22.1 Å². The van der Waals surface area contributed by atoms with E-state index in [1.807, 2.05) is 12.1 Å². The van der Waals surface area contributed by atoms with E-state index in [1.165, 1.54) is 9.47 Å². The quantitative estimate of drug-likeness (QED) is 0.507. The van der Waals surface area contributed by atoms with Crippen LogP contribution in [0.1, 0.15) is 16.8 Å². The molecule has 3 heterocycles. The van der Waals surface area contributed by atoms with Crippen molar-refractivity contribution in [2.24, 2.45) is 7.05 Å². The number of nitrogens with zero attached hydrogens (tertiary/aromatic N) is 4. The molecule has 4 aromatic rings. The molecule has 0 saturated carbocycles. The van der Waals surface area contributed by atoms with E-state index in [1.54, 1.807) is 49.8 Å². The van der Waals surface area contributed by atoms with Crippen molar-refractivity contribution in [3.63, 3.8) is 0 Å². The van der Waals surface area contributed by atoms with Gasteiger partial charge < -0.3 is 14.6 Å². The number of pyridine rings is 1. The highest BCUT2D eigenvalue weighted by atomic mass is 19.3. The smallest absolute Gasteiger partial charge is 0.276 e. The fourth-order valence-electron chi connectivity index (χ4n) is 4.04. The van der Waals surface area contributed by atoms with Gasteiger partial charge in [-0.2, -0.15) is 0 Å². The van der Waals surface area contributed by atoms with E-state index in [9.17, 15) is 23.5 Å². The van der Waals surface area contributed by atoms with Crippen LogP contribution >= 0.6 is 0 Å². The lowest BCUT2D eigenvalue weighted by atomic mass is 10.0. The number of β-amino-alcohol motifs (C(OH)–C–C–N with tert-alkyl or cyclic N) is 1. The lowest BCUT2D eigenvalue weighted by molar-refractivity contribution is -0.141. The van der Waals surface area contributed by atoms with Crippen molar-refractivity contribution in [1.82, 2.24) is 19.4 Å². The Morgan fingerprint density at radius 2 is 1.97 bits per heavy atom. The third kappa shape index (κ3) is 3.74. The molecule has 1 fully saturated rings. The van der Waals surface area contributed by atoms with Crippen molar-refractivity contribution >= 4 is 27.7 Å². The van der Waals surface area contributed by atoms with Crippen LogP contribution in [0.15, 0.2) is 59.7 Å². The van der Waals surface area contributed by atoms with E-state index < -0.39 is 30.9 Å². The predicted molar refractivity (Wildman–Crippen MR) is 119 cm³/mol. The van der Waals surface area contributed by atoms with Crippen LogP contribution in [0.2, 0.25) is 0 Å². The molecule has 168 valence electrons. The number of hydrogen-bond acceptors (Lipinski definition) is 5. The van der Waals surface area contributed by atoms with E-state index in [-0.39, 0.29) is 17.7 Å². The molecule has 2 aromatic heterocycles. The van der Waals surface area contributed by atoms with Crippen molar-refractivity contribution in [1.29, 1.82) is 0 Å². The summed E-state index contributed by atoms with van der Waals surface area (Å²) in [6.45, 7) is -0.560. The Hall–Kier alpha value is -3.72. The molecule has 1 saturated heterocycles. The number of aromatic nitrogens is 3. The molecule has 2 aromatic carbocycles. The first-order valence-corrected chi connectivity index (χ1v) is 10.4. The standard InChI is InChI=1S/C24H20F2N4O3/c1-29-8-6-14-10-15(2-4-17(14)23(29)33)20-12-27-18-5-3-16(11-19(18)28-20)22(32)30-9-7-24(25,26)21(31)13-30/h2-6,8,10-12,21,31H,7,9,13H2,1H3. The summed E-state index contributed by atoms with van der Waals surface area (Å²) >= 11 is 0. The van der Waals surface area contributed by atoms with Gasteiger partial charge in [-0.15, -0.1) is 0 Å². The van der Waals surface area contributed by atoms with Gasteiger partial charge >= 0.3 is 0 Å². The minimum absolute atomic E-state index is 0.0904. The second-order valence-corrected chi connectivity index (χ2v) is 8.27. The van der Waals surface area contributed by atoms with Crippen LogP contribution in [-0.4, -0.2) is 55.6 Å². The minimum Gasteiger partial charge on any atom is -0.385 e. The van der Waals surface area contributed by atoms with Crippen LogP contribution in [0.4, 0.5) is 8.78 Å². The maximum atomic E-state index is 13.6. The van der Waals surface area contributed by atoms with Gasteiger partial charge in [0.05, 0.1) is 29.5 Å². The fraction of sp³-hybridized carbons (Fsp3) is 0.250. The highest BCUT2D eigenvalue weighted by molar-refractivity contribution is 5.97. The second kappa shape index (κ2) is 7.70. The van der Waals surface area contributed by atoms with Crippen LogP contribution in [0.25, 0.3) is 33.1 Å².